The predicted octanol–water partition coefficient (Wildman–Crippen LogP) is 16.7. The summed E-state index contributed by atoms with van der Waals surface area (Å²) < 4.78 is 8.06. The molecule has 2 aliphatic heterocycles. The second kappa shape index (κ2) is 12.7. The second-order valence-electron chi connectivity index (χ2n) is 23.5. The number of anilines is 2. The third-order valence-corrected chi connectivity index (χ3v) is 19.7. The summed E-state index contributed by atoms with van der Waals surface area (Å²) in [6.07, 6.45) is 2.42. The van der Waals surface area contributed by atoms with Crippen LogP contribution in [0.25, 0.3) is 90.1 Å². The molecule has 0 fully saturated rings. The minimum atomic E-state index is -0.160. The summed E-state index contributed by atoms with van der Waals surface area (Å²) in [7, 11) is 0. The van der Waals surface area contributed by atoms with Gasteiger partial charge in [-0.2, -0.15) is 0 Å². The van der Waals surface area contributed by atoms with Gasteiger partial charge in [-0.05, 0) is 151 Å². The minimum Gasteiger partial charge on any atom is -0.376 e. The molecular weight excluding hydrogens is 860 g/mol. The molecule has 0 atom stereocenters. The molecule has 68 heavy (non-hydrogen) atoms. The lowest BCUT2D eigenvalue weighted by molar-refractivity contribution is 0.331. The second-order valence-corrected chi connectivity index (χ2v) is 25.7. The first kappa shape index (κ1) is 39.8. The number of fused-ring (bicyclic) bond motifs is 18. The van der Waals surface area contributed by atoms with Gasteiger partial charge in [0, 0.05) is 79.2 Å². The zero-order valence-electron chi connectivity index (χ0n) is 40.4. The number of hydrogen-bond donors (Lipinski definition) is 0. The maximum absolute atomic E-state index is 2.76. The van der Waals surface area contributed by atoms with E-state index in [4.69, 9.17) is 0 Å². The molecule has 2 nitrogen and oxygen atoms in total. The van der Waals surface area contributed by atoms with Gasteiger partial charge in [0.15, 0.2) is 0 Å². The minimum absolute atomic E-state index is 0.0406. The number of hydrogen-bond acceptors (Lipinski definition) is 3. The molecule has 0 saturated carbocycles. The third kappa shape index (κ3) is 4.99. The summed E-state index contributed by atoms with van der Waals surface area (Å²) in [6, 6.07) is 53.2. The number of thiophene rings is 2. The van der Waals surface area contributed by atoms with Crippen LogP contribution in [-0.4, -0.2) is 11.4 Å². The topological polar surface area (TPSA) is 8.17 Å². The third-order valence-electron chi connectivity index (χ3n) is 17.4. The van der Waals surface area contributed by atoms with Crippen LogP contribution in [0.4, 0.5) is 11.4 Å². The molecule has 15 rings (SSSR count). The van der Waals surface area contributed by atoms with Crippen molar-refractivity contribution in [3.8, 4) is 27.9 Å². The van der Waals surface area contributed by atoms with Gasteiger partial charge in [0.05, 0.1) is 11.0 Å². The number of aromatic nitrogens is 1. The Hall–Kier alpha value is -6.14. The van der Waals surface area contributed by atoms with Crippen LogP contribution >= 0.6 is 22.7 Å². The average molecular weight is 913 g/mol. The molecule has 2 aliphatic carbocycles. The Morgan fingerprint density at radius 3 is 1.78 bits per heavy atom. The van der Waals surface area contributed by atoms with Gasteiger partial charge in [-0.15, -0.1) is 22.7 Å². The van der Waals surface area contributed by atoms with Crippen molar-refractivity contribution in [1.82, 2.24) is 4.57 Å². The van der Waals surface area contributed by atoms with E-state index in [0.29, 0.717) is 0 Å². The van der Waals surface area contributed by atoms with Gasteiger partial charge >= 0.3 is 6.85 Å². The van der Waals surface area contributed by atoms with Gasteiger partial charge < -0.3 is 9.38 Å². The van der Waals surface area contributed by atoms with E-state index in [1.54, 1.807) is 5.56 Å². The van der Waals surface area contributed by atoms with E-state index in [-0.39, 0.29) is 28.5 Å². The zero-order chi connectivity index (χ0) is 46.1. The monoisotopic (exact) mass is 912 g/mol. The van der Waals surface area contributed by atoms with Crippen molar-refractivity contribution in [3.63, 3.8) is 0 Å². The Balaban J connectivity index is 1.09. The lowest BCUT2D eigenvalue weighted by Crippen LogP contribution is -2.60. The first-order valence-corrected chi connectivity index (χ1v) is 26.4. The lowest BCUT2D eigenvalue weighted by atomic mass is 9.44. The van der Waals surface area contributed by atoms with Crippen LogP contribution in [-0.2, 0) is 21.7 Å². The smallest absolute Gasteiger partial charge is 0.333 e. The summed E-state index contributed by atoms with van der Waals surface area (Å²) in [4.78, 5) is 2.76. The highest BCUT2D eigenvalue weighted by Gasteiger charge is 2.48. The Morgan fingerprint density at radius 1 is 0.485 bits per heavy atom. The number of rotatable bonds is 1. The summed E-state index contributed by atoms with van der Waals surface area (Å²) >= 11 is 3.85. The van der Waals surface area contributed by atoms with Crippen molar-refractivity contribution in [2.75, 3.05) is 4.81 Å². The van der Waals surface area contributed by atoms with Crippen LogP contribution in [0.15, 0.2) is 133 Å². The van der Waals surface area contributed by atoms with Crippen LogP contribution in [0.2, 0.25) is 0 Å². The molecule has 3 aromatic heterocycles. The van der Waals surface area contributed by atoms with Crippen LogP contribution in [0, 0.1) is 0 Å². The molecular formula is C63H53BN2S2. The molecule has 4 aliphatic rings. The van der Waals surface area contributed by atoms with Crippen molar-refractivity contribution >= 4 is 114 Å². The van der Waals surface area contributed by atoms with Crippen molar-refractivity contribution in [2.45, 2.75) is 96.8 Å². The molecule has 5 heteroatoms. The summed E-state index contributed by atoms with van der Waals surface area (Å²) in [5.41, 5.74) is 22.2. The van der Waals surface area contributed by atoms with Crippen molar-refractivity contribution < 1.29 is 0 Å². The van der Waals surface area contributed by atoms with E-state index >= 15 is 0 Å². The summed E-state index contributed by atoms with van der Waals surface area (Å²) in [5, 5.41) is 8.02. The van der Waals surface area contributed by atoms with Gasteiger partial charge in [0.25, 0.3) is 0 Å². The van der Waals surface area contributed by atoms with Gasteiger partial charge in [-0.25, -0.2) is 0 Å². The fraction of sp³-hybridized carbons (Fsp3) is 0.238. The standard InChI is InChI=1S/C63H53BN2S2/c1-60(2,3)34-18-20-35(21-19-34)66-52-28-41-40-26-48-49(62(6,7)25-24-61(48,4)5)32-47(40)63(8,9)46(41)27-42(52)38-22-23-39-43-31-56-44(36-14-10-12-16-54(36)67-56)29-51(43)65-53-30-45-37-15-11-13-17-55(37)68-57(45)33-50(53)64(66)58(38)59(39)65/h10-23,26-33H,24-25H2,1-9H3. The van der Waals surface area contributed by atoms with E-state index in [0.717, 1.165) is 0 Å². The quantitative estimate of drug-likeness (QED) is 0.149. The first-order valence-electron chi connectivity index (χ1n) is 24.7. The van der Waals surface area contributed by atoms with Gasteiger partial charge in [-0.1, -0.05) is 129 Å². The van der Waals surface area contributed by atoms with E-state index < -0.39 is 0 Å². The predicted molar refractivity (Wildman–Crippen MR) is 297 cm³/mol. The molecule has 0 bridgehead atoms. The highest BCUT2D eigenvalue weighted by Crippen LogP contribution is 2.58. The largest absolute Gasteiger partial charge is 0.376 e. The molecule has 5 heterocycles. The highest BCUT2D eigenvalue weighted by molar-refractivity contribution is 7.26. The fourth-order valence-electron chi connectivity index (χ4n) is 13.5. The van der Waals surface area contributed by atoms with Crippen LogP contribution in [0.5, 0.6) is 0 Å². The molecule has 11 aromatic rings. The van der Waals surface area contributed by atoms with Crippen molar-refractivity contribution in [1.29, 1.82) is 0 Å². The molecule has 0 spiro atoms. The molecule has 0 saturated heterocycles. The molecule has 0 amide bonds. The van der Waals surface area contributed by atoms with Crippen LogP contribution in [0.1, 0.15) is 103 Å². The first-order chi connectivity index (χ1) is 32.6. The van der Waals surface area contributed by atoms with Gasteiger partial charge in [0.1, 0.15) is 0 Å². The Labute approximate surface area is 407 Å². The molecule has 0 N–H and O–H groups in total. The molecule has 0 radical (unpaired) electrons. The van der Waals surface area contributed by atoms with Crippen molar-refractivity contribution in [2.24, 2.45) is 0 Å². The van der Waals surface area contributed by atoms with E-state index in [1.807, 2.05) is 22.7 Å². The van der Waals surface area contributed by atoms with Gasteiger partial charge in [-0.3, -0.25) is 0 Å². The Morgan fingerprint density at radius 2 is 1.09 bits per heavy atom. The van der Waals surface area contributed by atoms with Crippen LogP contribution in [0.3, 0.4) is 0 Å². The van der Waals surface area contributed by atoms with Crippen LogP contribution < -0.4 is 15.7 Å². The average Bonchev–Trinajstić information content (AvgIpc) is 4.03. The van der Waals surface area contributed by atoms with Gasteiger partial charge in [0.2, 0.25) is 0 Å². The fourth-order valence-corrected chi connectivity index (χ4v) is 15.8. The summed E-state index contributed by atoms with van der Waals surface area (Å²) in [5.74, 6) is 0. The number of nitrogens with zero attached hydrogens (tertiary/aromatic N) is 2. The summed E-state index contributed by atoms with van der Waals surface area (Å²) in [6.45, 7) is 21.8. The highest BCUT2D eigenvalue weighted by atomic mass is 32.1. The lowest BCUT2D eigenvalue weighted by Gasteiger charge is -2.42. The Kier molecular flexibility index (Phi) is 7.46. The maximum Gasteiger partial charge on any atom is 0.333 e. The normalized spacial score (nSPS) is 17.1. The molecule has 8 aromatic carbocycles. The van der Waals surface area contributed by atoms with E-state index in [9.17, 15) is 0 Å². The van der Waals surface area contributed by atoms with E-state index in [1.165, 1.54) is 147 Å². The Bertz CT molecular complexity index is 4110. The number of benzene rings is 8. The van der Waals surface area contributed by atoms with Crippen molar-refractivity contribution in [3.05, 3.63) is 161 Å². The maximum atomic E-state index is 2.76. The van der Waals surface area contributed by atoms with E-state index in [2.05, 4.69) is 205 Å². The molecule has 0 unspecified atom stereocenters. The zero-order valence-corrected chi connectivity index (χ0v) is 42.0. The molecule has 330 valence electrons. The SMILES string of the molecule is CC(C)(C)c1ccc(N2B3c4cc5sc6ccccc6c5cc4-n4c5cc6c(cc5c5ccc(c3c54)-c3cc4c(cc32)-c2cc3c(cc2C4(C)C)C(C)(C)CCC3(C)C)sc2ccccc26)cc1.